The molecular formula is C10H11ClN2O2S. The molecule has 0 unspecified atom stereocenters. The van der Waals surface area contributed by atoms with Crippen LogP contribution in [0.5, 0.6) is 0 Å². The van der Waals surface area contributed by atoms with Crippen molar-refractivity contribution in [1.82, 2.24) is 0 Å². The smallest absolute Gasteiger partial charge is 0.337 e. The number of benzene rings is 1. The second-order valence-corrected chi connectivity index (χ2v) is 3.94. The molecule has 86 valence electrons. The predicted molar refractivity (Wildman–Crippen MR) is 68.1 cm³/mol. The minimum atomic E-state index is -0.421. The van der Waals surface area contributed by atoms with Gasteiger partial charge < -0.3 is 15.8 Å². The van der Waals surface area contributed by atoms with Crippen LogP contribution in [0.3, 0.4) is 0 Å². The van der Waals surface area contributed by atoms with Crippen molar-refractivity contribution in [3.63, 3.8) is 0 Å². The maximum Gasteiger partial charge on any atom is 0.337 e. The summed E-state index contributed by atoms with van der Waals surface area (Å²) in [5, 5.41) is 3.42. The Morgan fingerprint density at radius 3 is 2.88 bits per heavy atom. The standard InChI is InChI=1S/C10H11ClN2O2S/c1-15-10(14)6-2-3-7(11)8(4-6)13-5-9(12)16/h2-4,13H,5H2,1H3,(H2,12,16). The zero-order chi connectivity index (χ0) is 12.1. The molecule has 0 radical (unpaired) electrons. The Kier molecular flexibility index (Phi) is 4.52. The van der Waals surface area contributed by atoms with E-state index in [9.17, 15) is 4.79 Å². The minimum absolute atomic E-state index is 0.319. The molecule has 0 amide bonds. The molecule has 0 saturated carbocycles. The van der Waals surface area contributed by atoms with E-state index < -0.39 is 5.97 Å². The van der Waals surface area contributed by atoms with Crippen molar-refractivity contribution in [2.75, 3.05) is 19.0 Å². The summed E-state index contributed by atoms with van der Waals surface area (Å²) in [5.74, 6) is -0.421. The monoisotopic (exact) mass is 258 g/mol. The molecular weight excluding hydrogens is 248 g/mol. The van der Waals surface area contributed by atoms with Crippen molar-refractivity contribution < 1.29 is 9.53 Å². The second-order valence-electron chi connectivity index (χ2n) is 3.01. The molecule has 0 aromatic heterocycles. The van der Waals surface area contributed by atoms with E-state index in [-0.39, 0.29) is 0 Å². The summed E-state index contributed by atoms with van der Waals surface area (Å²) in [5.41, 5.74) is 6.36. The summed E-state index contributed by atoms with van der Waals surface area (Å²) in [7, 11) is 1.32. The first-order chi connectivity index (χ1) is 7.54. The van der Waals surface area contributed by atoms with Crippen LogP contribution < -0.4 is 11.1 Å². The average Bonchev–Trinajstić information content (AvgIpc) is 2.26. The van der Waals surface area contributed by atoms with Crippen LogP contribution in [-0.2, 0) is 4.74 Å². The number of hydrogen-bond acceptors (Lipinski definition) is 4. The molecule has 0 saturated heterocycles. The number of methoxy groups -OCH3 is 1. The molecule has 3 N–H and O–H groups in total. The van der Waals surface area contributed by atoms with E-state index in [0.717, 1.165) is 0 Å². The van der Waals surface area contributed by atoms with Crippen molar-refractivity contribution >= 4 is 40.5 Å². The lowest BCUT2D eigenvalue weighted by Gasteiger charge is -2.08. The third kappa shape index (κ3) is 3.36. The topological polar surface area (TPSA) is 64.3 Å². The largest absolute Gasteiger partial charge is 0.465 e. The molecule has 0 spiro atoms. The van der Waals surface area contributed by atoms with Crippen molar-refractivity contribution in [3.8, 4) is 0 Å². The molecule has 4 nitrogen and oxygen atoms in total. The van der Waals surface area contributed by atoms with Crippen molar-refractivity contribution in [2.45, 2.75) is 0 Å². The van der Waals surface area contributed by atoms with E-state index in [1.807, 2.05) is 0 Å². The maximum atomic E-state index is 11.3. The van der Waals surface area contributed by atoms with Crippen LogP contribution in [0.4, 0.5) is 5.69 Å². The number of hydrogen-bond donors (Lipinski definition) is 2. The number of esters is 1. The highest BCUT2D eigenvalue weighted by atomic mass is 35.5. The van der Waals surface area contributed by atoms with Gasteiger partial charge in [-0.15, -0.1) is 0 Å². The number of nitrogens with one attached hydrogen (secondary N) is 1. The SMILES string of the molecule is COC(=O)c1ccc(Cl)c(NCC(N)=S)c1. The fourth-order valence-corrected chi connectivity index (χ4v) is 1.34. The van der Waals surface area contributed by atoms with Crippen molar-refractivity contribution in [1.29, 1.82) is 0 Å². The number of thiocarbonyl (C=S) groups is 1. The van der Waals surface area contributed by atoms with Gasteiger partial charge in [0.2, 0.25) is 0 Å². The molecule has 16 heavy (non-hydrogen) atoms. The molecule has 0 fully saturated rings. The number of carbonyl (C=O) groups excluding carboxylic acids is 1. The lowest BCUT2D eigenvalue weighted by Crippen LogP contribution is -2.20. The van der Waals surface area contributed by atoms with Crippen LogP contribution in [-0.4, -0.2) is 24.6 Å². The van der Waals surface area contributed by atoms with Gasteiger partial charge in [-0.25, -0.2) is 4.79 Å². The number of carbonyl (C=O) groups is 1. The van der Waals surface area contributed by atoms with Gasteiger partial charge in [0.15, 0.2) is 0 Å². The first-order valence-corrected chi connectivity index (χ1v) is 5.23. The quantitative estimate of drug-likeness (QED) is 0.637. The Morgan fingerprint density at radius 1 is 1.62 bits per heavy atom. The number of ether oxygens (including phenoxy) is 1. The predicted octanol–water partition coefficient (Wildman–Crippen LogP) is 1.82. The summed E-state index contributed by atoms with van der Waals surface area (Å²) in [6.07, 6.45) is 0. The van der Waals surface area contributed by atoms with E-state index in [4.69, 9.17) is 29.6 Å². The molecule has 1 aromatic rings. The van der Waals surface area contributed by atoms with E-state index in [1.165, 1.54) is 7.11 Å². The molecule has 1 rings (SSSR count). The van der Waals surface area contributed by atoms with Crippen LogP contribution in [0.15, 0.2) is 18.2 Å². The zero-order valence-corrected chi connectivity index (χ0v) is 10.2. The van der Waals surface area contributed by atoms with Crippen molar-refractivity contribution in [3.05, 3.63) is 28.8 Å². The highest BCUT2D eigenvalue weighted by Gasteiger charge is 2.08. The molecule has 0 aliphatic rings. The van der Waals surface area contributed by atoms with Crippen LogP contribution in [0.25, 0.3) is 0 Å². The van der Waals surface area contributed by atoms with Gasteiger partial charge in [0, 0.05) is 0 Å². The van der Waals surface area contributed by atoms with E-state index in [1.54, 1.807) is 18.2 Å². The summed E-state index contributed by atoms with van der Waals surface area (Å²) >= 11 is 10.7. The van der Waals surface area contributed by atoms with Crippen LogP contribution in [0.2, 0.25) is 5.02 Å². The Balaban J connectivity index is 2.90. The molecule has 0 bridgehead atoms. The zero-order valence-electron chi connectivity index (χ0n) is 8.62. The fraction of sp³-hybridized carbons (Fsp3) is 0.200. The van der Waals surface area contributed by atoms with Gasteiger partial charge in [0.1, 0.15) is 0 Å². The third-order valence-electron chi connectivity index (χ3n) is 1.84. The van der Waals surface area contributed by atoms with Gasteiger partial charge in [-0.05, 0) is 18.2 Å². The lowest BCUT2D eigenvalue weighted by molar-refractivity contribution is 0.0601. The Bertz CT molecular complexity index is 423. The van der Waals surface area contributed by atoms with Gasteiger partial charge in [-0.3, -0.25) is 0 Å². The van der Waals surface area contributed by atoms with Gasteiger partial charge in [-0.2, -0.15) is 0 Å². The summed E-state index contributed by atoms with van der Waals surface area (Å²) < 4.78 is 4.60. The molecule has 0 atom stereocenters. The van der Waals surface area contributed by atoms with Gasteiger partial charge >= 0.3 is 5.97 Å². The molecule has 0 aliphatic heterocycles. The molecule has 0 heterocycles. The minimum Gasteiger partial charge on any atom is -0.465 e. The first-order valence-electron chi connectivity index (χ1n) is 4.44. The Hall–Kier alpha value is -1.33. The van der Waals surface area contributed by atoms with E-state index >= 15 is 0 Å². The van der Waals surface area contributed by atoms with Gasteiger partial charge in [-0.1, -0.05) is 23.8 Å². The highest BCUT2D eigenvalue weighted by Crippen LogP contribution is 2.23. The highest BCUT2D eigenvalue weighted by molar-refractivity contribution is 7.80. The number of nitrogens with two attached hydrogens (primary N) is 1. The van der Waals surface area contributed by atoms with Gasteiger partial charge in [0.05, 0.1) is 34.9 Å². The Labute approximate surface area is 104 Å². The van der Waals surface area contributed by atoms with Gasteiger partial charge in [0.25, 0.3) is 0 Å². The normalized spacial score (nSPS) is 9.62. The summed E-state index contributed by atoms with van der Waals surface area (Å²) in [6, 6.07) is 4.78. The molecule has 6 heteroatoms. The number of anilines is 1. The Morgan fingerprint density at radius 2 is 2.31 bits per heavy atom. The van der Waals surface area contributed by atoms with Crippen LogP contribution >= 0.6 is 23.8 Å². The second kappa shape index (κ2) is 5.67. The van der Waals surface area contributed by atoms with Crippen molar-refractivity contribution in [2.24, 2.45) is 5.73 Å². The lowest BCUT2D eigenvalue weighted by atomic mass is 10.2. The average molecular weight is 259 g/mol. The number of halogens is 1. The number of rotatable bonds is 4. The van der Waals surface area contributed by atoms with Crippen LogP contribution in [0, 0.1) is 0 Å². The summed E-state index contributed by atoms with van der Waals surface area (Å²) in [6.45, 7) is 0.319. The maximum absolute atomic E-state index is 11.3. The summed E-state index contributed by atoms with van der Waals surface area (Å²) in [4.78, 5) is 11.6. The molecule has 0 aliphatic carbocycles. The van der Waals surface area contributed by atoms with E-state index in [0.29, 0.717) is 27.8 Å². The first kappa shape index (κ1) is 12.7. The molecule has 1 aromatic carbocycles. The third-order valence-corrected chi connectivity index (χ3v) is 2.31. The van der Waals surface area contributed by atoms with Crippen LogP contribution in [0.1, 0.15) is 10.4 Å². The fourth-order valence-electron chi connectivity index (χ4n) is 1.09. The van der Waals surface area contributed by atoms with E-state index in [2.05, 4.69) is 10.1 Å².